The molecule has 0 bridgehead atoms. The van der Waals surface area contributed by atoms with E-state index in [2.05, 4.69) is 43.4 Å². The Morgan fingerprint density at radius 2 is 1.58 bits per heavy atom. The lowest BCUT2D eigenvalue weighted by molar-refractivity contribution is -0.121. The van der Waals surface area contributed by atoms with Crippen LogP contribution in [0.15, 0.2) is 24.3 Å². The molecule has 1 unspecified atom stereocenters. The second-order valence-electron chi connectivity index (χ2n) is 5.96. The number of rotatable bonds is 4. The maximum atomic E-state index is 11.4. The molecule has 1 aromatic rings. The molecule has 0 saturated heterocycles. The van der Waals surface area contributed by atoms with E-state index in [4.69, 9.17) is 0 Å². The molecule has 0 aliphatic heterocycles. The summed E-state index contributed by atoms with van der Waals surface area (Å²) in [7, 11) is 2.03. The Morgan fingerprint density at radius 1 is 1.05 bits per heavy atom. The van der Waals surface area contributed by atoms with Crippen LogP contribution < -0.4 is 5.32 Å². The normalized spacial score (nSPS) is 18.8. The van der Waals surface area contributed by atoms with Crippen LogP contribution in [-0.2, 0) is 4.79 Å². The molecule has 1 aliphatic carbocycles. The van der Waals surface area contributed by atoms with Crippen molar-refractivity contribution in [1.82, 2.24) is 5.32 Å². The summed E-state index contributed by atoms with van der Waals surface area (Å²) in [5, 5.41) is 3.44. The van der Waals surface area contributed by atoms with Gasteiger partial charge in [0.05, 0.1) is 0 Å². The summed E-state index contributed by atoms with van der Waals surface area (Å²) in [5.41, 5.74) is 2.74. The fourth-order valence-corrected chi connectivity index (χ4v) is 3.06. The largest absolute Gasteiger partial charge is 0.313 e. The lowest BCUT2D eigenvalue weighted by Gasteiger charge is -2.30. The monoisotopic (exact) mass is 259 g/mol. The molecule has 1 aliphatic rings. The minimum atomic E-state index is 0.384. The van der Waals surface area contributed by atoms with E-state index in [1.807, 2.05) is 7.05 Å². The van der Waals surface area contributed by atoms with Gasteiger partial charge in [0.1, 0.15) is 5.78 Å². The molecular weight excluding hydrogens is 234 g/mol. The minimum Gasteiger partial charge on any atom is -0.313 e. The predicted molar refractivity (Wildman–Crippen MR) is 79.3 cm³/mol. The first-order valence-electron chi connectivity index (χ1n) is 7.40. The zero-order chi connectivity index (χ0) is 13.8. The molecular formula is C17H25NO. The fraction of sp³-hybridized carbons (Fsp3) is 0.588. The van der Waals surface area contributed by atoms with E-state index in [0.717, 1.165) is 25.7 Å². The van der Waals surface area contributed by atoms with Crippen molar-refractivity contribution in [3.63, 3.8) is 0 Å². The third kappa shape index (κ3) is 3.44. The van der Waals surface area contributed by atoms with Gasteiger partial charge in [0.2, 0.25) is 0 Å². The molecule has 1 N–H and O–H groups in total. The Hall–Kier alpha value is -1.15. The van der Waals surface area contributed by atoms with Gasteiger partial charge in [-0.25, -0.2) is 0 Å². The maximum absolute atomic E-state index is 11.4. The highest BCUT2D eigenvalue weighted by Crippen LogP contribution is 2.33. The molecule has 1 saturated carbocycles. The molecule has 0 aromatic heterocycles. The molecule has 1 aromatic carbocycles. The Bertz CT molecular complexity index is 411. The van der Waals surface area contributed by atoms with Crippen LogP contribution in [-0.4, -0.2) is 12.8 Å². The van der Waals surface area contributed by atoms with Gasteiger partial charge in [-0.3, -0.25) is 4.79 Å². The first kappa shape index (κ1) is 14.3. The lowest BCUT2D eigenvalue weighted by Crippen LogP contribution is -2.28. The Morgan fingerprint density at radius 3 is 2.05 bits per heavy atom. The smallest absolute Gasteiger partial charge is 0.132 e. The van der Waals surface area contributed by atoms with Gasteiger partial charge in [-0.2, -0.15) is 0 Å². The van der Waals surface area contributed by atoms with Crippen molar-refractivity contribution in [2.75, 3.05) is 7.05 Å². The molecule has 1 fully saturated rings. The van der Waals surface area contributed by atoms with Gasteiger partial charge in [0, 0.05) is 18.9 Å². The highest BCUT2D eigenvalue weighted by molar-refractivity contribution is 5.79. The third-order valence-corrected chi connectivity index (χ3v) is 4.33. The van der Waals surface area contributed by atoms with Crippen molar-refractivity contribution in [3.8, 4) is 0 Å². The molecule has 0 heterocycles. The molecule has 2 rings (SSSR count). The van der Waals surface area contributed by atoms with Crippen LogP contribution in [0.3, 0.4) is 0 Å². The first-order chi connectivity index (χ1) is 9.11. The molecule has 0 spiro atoms. The highest BCUT2D eigenvalue weighted by Gasteiger charge is 2.26. The van der Waals surface area contributed by atoms with Crippen LogP contribution in [0.1, 0.15) is 62.6 Å². The molecule has 1 atom stereocenters. The van der Waals surface area contributed by atoms with Gasteiger partial charge >= 0.3 is 0 Å². The number of Topliss-reactive ketones (excluding diaryl/α,β-unsaturated/α-hetero) is 1. The molecule has 0 amide bonds. The fourth-order valence-electron chi connectivity index (χ4n) is 3.06. The van der Waals surface area contributed by atoms with Crippen LogP contribution >= 0.6 is 0 Å². The topological polar surface area (TPSA) is 29.1 Å². The summed E-state index contributed by atoms with van der Waals surface area (Å²) in [6.45, 7) is 4.44. The van der Waals surface area contributed by atoms with Crippen molar-refractivity contribution >= 4 is 5.78 Å². The maximum Gasteiger partial charge on any atom is 0.132 e. The van der Waals surface area contributed by atoms with Crippen molar-refractivity contribution in [2.24, 2.45) is 5.92 Å². The number of hydrogen-bond acceptors (Lipinski definition) is 2. The van der Waals surface area contributed by atoms with E-state index in [1.54, 1.807) is 0 Å². The summed E-state index contributed by atoms with van der Waals surface area (Å²) < 4.78 is 0. The number of carbonyl (C=O) groups excluding carboxylic acids is 1. The molecule has 0 radical (unpaired) electrons. The Kier molecular flexibility index (Phi) is 4.76. The second kappa shape index (κ2) is 6.33. The quantitative estimate of drug-likeness (QED) is 0.890. The zero-order valence-corrected chi connectivity index (χ0v) is 12.3. The van der Waals surface area contributed by atoms with Gasteiger partial charge in [-0.05, 0) is 42.9 Å². The van der Waals surface area contributed by atoms with Crippen molar-refractivity contribution in [1.29, 1.82) is 0 Å². The summed E-state index contributed by atoms with van der Waals surface area (Å²) in [6, 6.07) is 9.34. The van der Waals surface area contributed by atoms with E-state index in [1.165, 1.54) is 11.1 Å². The van der Waals surface area contributed by atoms with E-state index >= 15 is 0 Å². The summed E-state index contributed by atoms with van der Waals surface area (Å²) in [5.74, 6) is 1.60. The van der Waals surface area contributed by atoms with E-state index < -0.39 is 0 Å². The highest BCUT2D eigenvalue weighted by atomic mass is 16.1. The van der Waals surface area contributed by atoms with Crippen LogP contribution in [0.5, 0.6) is 0 Å². The Balaban J connectivity index is 2.10. The number of benzene rings is 1. The molecule has 2 nitrogen and oxygen atoms in total. The summed E-state index contributed by atoms with van der Waals surface area (Å²) in [4.78, 5) is 11.4. The standard InChI is InChI=1S/C17H25NO/c1-12(2)13-4-6-14(7-5-13)17(18-3)15-8-10-16(19)11-9-15/h4-7,12,15,17-18H,8-11H2,1-3H3. The van der Waals surface area contributed by atoms with Crippen LogP contribution in [0.2, 0.25) is 0 Å². The van der Waals surface area contributed by atoms with Gasteiger partial charge in [-0.1, -0.05) is 38.1 Å². The molecule has 2 heteroatoms. The third-order valence-electron chi connectivity index (χ3n) is 4.33. The number of hydrogen-bond donors (Lipinski definition) is 1. The van der Waals surface area contributed by atoms with Crippen LogP contribution in [0.4, 0.5) is 0 Å². The van der Waals surface area contributed by atoms with Gasteiger partial charge in [0.25, 0.3) is 0 Å². The minimum absolute atomic E-state index is 0.384. The van der Waals surface area contributed by atoms with Crippen LogP contribution in [0, 0.1) is 5.92 Å². The van der Waals surface area contributed by atoms with E-state index in [9.17, 15) is 4.79 Å². The predicted octanol–water partition coefficient (Wildman–Crippen LogP) is 3.83. The molecule has 19 heavy (non-hydrogen) atoms. The zero-order valence-electron chi connectivity index (χ0n) is 12.3. The van der Waals surface area contributed by atoms with E-state index in [-0.39, 0.29) is 0 Å². The van der Waals surface area contributed by atoms with Gasteiger partial charge in [-0.15, -0.1) is 0 Å². The molecule has 104 valence electrons. The summed E-state index contributed by atoms with van der Waals surface area (Å²) in [6.07, 6.45) is 3.56. The van der Waals surface area contributed by atoms with E-state index in [0.29, 0.717) is 23.7 Å². The van der Waals surface area contributed by atoms with Gasteiger partial charge < -0.3 is 5.32 Å². The first-order valence-corrected chi connectivity index (χ1v) is 7.40. The lowest BCUT2D eigenvalue weighted by atomic mass is 9.80. The average Bonchev–Trinajstić information content (AvgIpc) is 2.42. The van der Waals surface area contributed by atoms with Gasteiger partial charge in [0.15, 0.2) is 0 Å². The number of nitrogens with one attached hydrogen (secondary N) is 1. The van der Waals surface area contributed by atoms with Crippen molar-refractivity contribution in [3.05, 3.63) is 35.4 Å². The van der Waals surface area contributed by atoms with Crippen LogP contribution in [0.25, 0.3) is 0 Å². The SMILES string of the molecule is CNC(c1ccc(C(C)C)cc1)C1CCC(=O)CC1. The second-order valence-corrected chi connectivity index (χ2v) is 5.96. The summed E-state index contributed by atoms with van der Waals surface area (Å²) >= 11 is 0. The van der Waals surface area contributed by atoms with Crippen molar-refractivity contribution in [2.45, 2.75) is 51.5 Å². The number of ketones is 1. The van der Waals surface area contributed by atoms with Crippen molar-refractivity contribution < 1.29 is 4.79 Å². The average molecular weight is 259 g/mol. The Labute approximate surface area is 116 Å². The number of carbonyl (C=O) groups is 1.